The molecule has 0 unspecified atom stereocenters. The maximum absolute atomic E-state index is 12.4. The van der Waals surface area contributed by atoms with Gasteiger partial charge in [0.05, 0.1) is 18.1 Å². The Bertz CT molecular complexity index is 814. The number of nitro benzene ring substituents is 1. The number of ether oxygens (including phenoxy) is 1. The quantitative estimate of drug-likeness (QED) is 0.625. The Morgan fingerprint density at radius 3 is 2.48 bits per heavy atom. The van der Waals surface area contributed by atoms with Gasteiger partial charge in [0, 0.05) is 43.4 Å². The summed E-state index contributed by atoms with van der Waals surface area (Å²) in [7, 11) is 0. The SMILES string of the molecule is Cc1c(C(=O)NCc2ccc(CN3CCOCC3)cc2)cccc1[N+](=O)[O-]. The molecule has 1 saturated heterocycles. The molecular formula is C20H23N3O4. The molecule has 1 heterocycles. The fourth-order valence-electron chi connectivity index (χ4n) is 3.12. The van der Waals surface area contributed by atoms with Crippen LogP contribution >= 0.6 is 0 Å². The van der Waals surface area contributed by atoms with Gasteiger partial charge in [0.1, 0.15) is 0 Å². The molecule has 1 N–H and O–H groups in total. The standard InChI is InChI=1S/C20H23N3O4/c1-15-18(3-2-4-19(15)23(25)26)20(24)21-13-16-5-7-17(8-6-16)14-22-9-11-27-12-10-22/h2-8H,9-14H2,1H3,(H,21,24). The van der Waals surface area contributed by atoms with E-state index in [1.54, 1.807) is 13.0 Å². The van der Waals surface area contributed by atoms with E-state index in [1.165, 1.54) is 17.7 Å². The second-order valence-electron chi connectivity index (χ2n) is 6.59. The third-order valence-corrected chi connectivity index (χ3v) is 4.73. The van der Waals surface area contributed by atoms with Crippen LogP contribution in [0.4, 0.5) is 5.69 Å². The van der Waals surface area contributed by atoms with Crippen molar-refractivity contribution in [2.24, 2.45) is 0 Å². The van der Waals surface area contributed by atoms with E-state index < -0.39 is 4.92 Å². The van der Waals surface area contributed by atoms with Crippen LogP contribution in [0.1, 0.15) is 27.0 Å². The van der Waals surface area contributed by atoms with Gasteiger partial charge in [-0.2, -0.15) is 0 Å². The highest BCUT2D eigenvalue weighted by Gasteiger charge is 2.17. The van der Waals surface area contributed by atoms with Crippen molar-refractivity contribution in [1.82, 2.24) is 10.2 Å². The number of nitrogens with one attached hydrogen (secondary N) is 1. The summed E-state index contributed by atoms with van der Waals surface area (Å²) >= 11 is 0. The monoisotopic (exact) mass is 369 g/mol. The average molecular weight is 369 g/mol. The highest BCUT2D eigenvalue weighted by Crippen LogP contribution is 2.21. The molecule has 7 nitrogen and oxygen atoms in total. The molecule has 0 aromatic heterocycles. The number of hydrogen-bond donors (Lipinski definition) is 1. The number of carbonyl (C=O) groups is 1. The molecular weight excluding hydrogens is 346 g/mol. The highest BCUT2D eigenvalue weighted by molar-refractivity contribution is 5.96. The summed E-state index contributed by atoms with van der Waals surface area (Å²) in [5.74, 6) is -0.311. The molecule has 142 valence electrons. The normalized spacial score (nSPS) is 14.7. The fourth-order valence-corrected chi connectivity index (χ4v) is 3.12. The first kappa shape index (κ1) is 19.0. The van der Waals surface area contributed by atoms with Crippen molar-refractivity contribution in [3.63, 3.8) is 0 Å². The molecule has 1 fully saturated rings. The van der Waals surface area contributed by atoms with Crippen LogP contribution in [0.2, 0.25) is 0 Å². The predicted octanol–water partition coefficient (Wildman–Crippen LogP) is 2.67. The van der Waals surface area contributed by atoms with Gasteiger partial charge in [0.25, 0.3) is 11.6 Å². The number of rotatable bonds is 6. The first-order chi connectivity index (χ1) is 13.0. The summed E-state index contributed by atoms with van der Waals surface area (Å²) < 4.78 is 5.36. The number of morpholine rings is 1. The number of amides is 1. The number of benzene rings is 2. The zero-order chi connectivity index (χ0) is 19.2. The fraction of sp³-hybridized carbons (Fsp3) is 0.350. The smallest absolute Gasteiger partial charge is 0.273 e. The van der Waals surface area contributed by atoms with Gasteiger partial charge in [-0.15, -0.1) is 0 Å². The van der Waals surface area contributed by atoms with Crippen LogP contribution in [-0.4, -0.2) is 42.0 Å². The van der Waals surface area contributed by atoms with E-state index in [2.05, 4.69) is 22.3 Å². The van der Waals surface area contributed by atoms with Crippen molar-refractivity contribution in [3.8, 4) is 0 Å². The van der Waals surface area contributed by atoms with Crippen LogP contribution < -0.4 is 5.32 Å². The number of hydrogen-bond acceptors (Lipinski definition) is 5. The molecule has 0 aliphatic carbocycles. The maximum atomic E-state index is 12.4. The van der Waals surface area contributed by atoms with E-state index in [1.807, 2.05) is 12.1 Å². The van der Waals surface area contributed by atoms with Crippen molar-refractivity contribution in [1.29, 1.82) is 0 Å². The van der Waals surface area contributed by atoms with E-state index in [0.29, 0.717) is 17.7 Å². The second-order valence-corrected chi connectivity index (χ2v) is 6.59. The van der Waals surface area contributed by atoms with Gasteiger partial charge in [-0.1, -0.05) is 30.3 Å². The van der Waals surface area contributed by atoms with E-state index >= 15 is 0 Å². The minimum Gasteiger partial charge on any atom is -0.379 e. The van der Waals surface area contributed by atoms with Crippen molar-refractivity contribution in [2.45, 2.75) is 20.0 Å². The molecule has 7 heteroatoms. The van der Waals surface area contributed by atoms with Crippen LogP contribution in [0.15, 0.2) is 42.5 Å². The summed E-state index contributed by atoms with van der Waals surface area (Å²) in [5.41, 5.74) is 2.86. The van der Waals surface area contributed by atoms with E-state index in [9.17, 15) is 14.9 Å². The molecule has 1 amide bonds. The molecule has 1 aliphatic rings. The Morgan fingerprint density at radius 1 is 1.15 bits per heavy atom. The molecule has 2 aromatic carbocycles. The summed E-state index contributed by atoms with van der Waals surface area (Å²) in [6.07, 6.45) is 0. The summed E-state index contributed by atoms with van der Waals surface area (Å²) in [5, 5.41) is 13.8. The van der Waals surface area contributed by atoms with Gasteiger partial charge in [0.2, 0.25) is 0 Å². The van der Waals surface area contributed by atoms with Crippen molar-refractivity contribution >= 4 is 11.6 Å². The largest absolute Gasteiger partial charge is 0.379 e. The molecule has 3 rings (SSSR count). The zero-order valence-electron chi connectivity index (χ0n) is 15.3. The van der Waals surface area contributed by atoms with E-state index in [-0.39, 0.29) is 11.6 Å². The van der Waals surface area contributed by atoms with Crippen LogP contribution in [0.3, 0.4) is 0 Å². The summed E-state index contributed by atoms with van der Waals surface area (Å²) in [6, 6.07) is 12.7. The van der Waals surface area contributed by atoms with Gasteiger partial charge >= 0.3 is 0 Å². The molecule has 0 spiro atoms. The van der Waals surface area contributed by atoms with Gasteiger partial charge in [-0.25, -0.2) is 0 Å². The topological polar surface area (TPSA) is 84.7 Å². The van der Waals surface area contributed by atoms with Crippen molar-refractivity contribution in [3.05, 3.63) is 74.8 Å². The minimum absolute atomic E-state index is 0.0462. The lowest BCUT2D eigenvalue weighted by atomic mass is 10.1. The molecule has 2 aromatic rings. The lowest BCUT2D eigenvalue weighted by Gasteiger charge is -2.26. The Labute approximate surface area is 158 Å². The van der Waals surface area contributed by atoms with Crippen LogP contribution in [0.5, 0.6) is 0 Å². The molecule has 0 bridgehead atoms. The number of nitrogens with zero attached hydrogens (tertiary/aromatic N) is 2. The average Bonchev–Trinajstić information content (AvgIpc) is 2.68. The Hall–Kier alpha value is -2.77. The Morgan fingerprint density at radius 2 is 1.81 bits per heavy atom. The van der Waals surface area contributed by atoms with Crippen LogP contribution in [0.25, 0.3) is 0 Å². The van der Waals surface area contributed by atoms with Crippen molar-refractivity contribution < 1.29 is 14.5 Å². The zero-order valence-corrected chi connectivity index (χ0v) is 15.3. The van der Waals surface area contributed by atoms with Gasteiger partial charge in [0.15, 0.2) is 0 Å². The third kappa shape index (κ3) is 4.90. The van der Waals surface area contributed by atoms with Crippen LogP contribution in [0, 0.1) is 17.0 Å². The predicted molar refractivity (Wildman–Crippen MR) is 102 cm³/mol. The van der Waals surface area contributed by atoms with Gasteiger partial charge in [-0.3, -0.25) is 19.8 Å². The van der Waals surface area contributed by atoms with E-state index in [0.717, 1.165) is 38.4 Å². The first-order valence-electron chi connectivity index (χ1n) is 8.94. The molecule has 0 radical (unpaired) electrons. The Kier molecular flexibility index (Phi) is 6.16. The molecule has 27 heavy (non-hydrogen) atoms. The number of carbonyl (C=O) groups excluding carboxylic acids is 1. The van der Waals surface area contributed by atoms with E-state index in [4.69, 9.17) is 4.74 Å². The third-order valence-electron chi connectivity index (χ3n) is 4.73. The van der Waals surface area contributed by atoms with Crippen molar-refractivity contribution in [2.75, 3.05) is 26.3 Å². The molecule has 1 aliphatic heterocycles. The lowest BCUT2D eigenvalue weighted by Crippen LogP contribution is -2.35. The summed E-state index contributed by atoms with van der Waals surface area (Å²) in [6.45, 7) is 6.30. The second kappa shape index (κ2) is 8.75. The highest BCUT2D eigenvalue weighted by atomic mass is 16.6. The van der Waals surface area contributed by atoms with Gasteiger partial charge in [-0.05, 0) is 24.1 Å². The first-order valence-corrected chi connectivity index (χ1v) is 8.94. The lowest BCUT2D eigenvalue weighted by molar-refractivity contribution is -0.385. The molecule has 0 saturated carbocycles. The maximum Gasteiger partial charge on any atom is 0.273 e. The molecule has 0 atom stereocenters. The Balaban J connectivity index is 1.57. The minimum atomic E-state index is -0.473. The van der Waals surface area contributed by atoms with Gasteiger partial charge < -0.3 is 10.1 Å². The summed E-state index contributed by atoms with van der Waals surface area (Å²) in [4.78, 5) is 25.3. The number of nitro groups is 1. The van der Waals surface area contributed by atoms with Crippen LogP contribution in [-0.2, 0) is 17.8 Å².